The predicted molar refractivity (Wildman–Crippen MR) is 101 cm³/mol. The number of aromatic amines is 1. The van der Waals surface area contributed by atoms with E-state index in [4.69, 9.17) is 18.4 Å². The minimum absolute atomic E-state index is 0.260. The highest BCUT2D eigenvalue weighted by Crippen LogP contribution is 2.40. The van der Waals surface area contributed by atoms with Crippen LogP contribution in [0.4, 0.5) is 5.82 Å². The lowest BCUT2D eigenvalue weighted by atomic mass is 10.1. The molecule has 0 bridgehead atoms. The highest BCUT2D eigenvalue weighted by molar-refractivity contribution is 7.86. The van der Waals surface area contributed by atoms with E-state index < -0.39 is 10.1 Å². The third kappa shape index (κ3) is 4.01. The van der Waals surface area contributed by atoms with E-state index in [-0.39, 0.29) is 18.2 Å². The maximum absolute atomic E-state index is 11.4. The van der Waals surface area contributed by atoms with Gasteiger partial charge in [0.05, 0.1) is 33.9 Å². The molecule has 0 radical (unpaired) electrons. The molecule has 0 atom stereocenters. The Labute approximate surface area is 161 Å². The lowest BCUT2D eigenvalue weighted by Gasteiger charge is -2.16. The van der Waals surface area contributed by atoms with Gasteiger partial charge in [-0.05, 0) is 12.1 Å². The number of hydrogen-bond acceptors (Lipinski definition) is 10. The number of ether oxygens (including phenoxy) is 3. The number of nitrogens with zero attached hydrogens (tertiary/aromatic N) is 3. The quantitative estimate of drug-likeness (QED) is 0.524. The van der Waals surface area contributed by atoms with Gasteiger partial charge in [-0.1, -0.05) is 0 Å². The molecule has 150 valence electrons. The lowest BCUT2D eigenvalue weighted by Crippen LogP contribution is -2.11. The Morgan fingerprint density at radius 3 is 2.46 bits per heavy atom. The van der Waals surface area contributed by atoms with Crippen molar-refractivity contribution in [1.29, 1.82) is 0 Å². The largest absolute Gasteiger partial charge is 0.493 e. The molecule has 0 saturated heterocycles. The number of anilines is 1. The first-order valence-corrected chi connectivity index (χ1v) is 9.80. The van der Waals surface area contributed by atoms with Crippen LogP contribution in [-0.4, -0.2) is 55.9 Å². The lowest BCUT2D eigenvalue weighted by molar-refractivity contribution is 0.322. The van der Waals surface area contributed by atoms with Crippen LogP contribution >= 0.6 is 0 Å². The van der Waals surface area contributed by atoms with Crippen LogP contribution in [0.3, 0.4) is 0 Å². The summed E-state index contributed by atoms with van der Waals surface area (Å²) in [7, 11) is 0.798. The van der Waals surface area contributed by atoms with Crippen molar-refractivity contribution in [3.05, 3.63) is 24.0 Å². The fraction of sp³-hybridized carbons (Fsp3) is 0.312. The molecule has 0 aliphatic rings. The Morgan fingerprint density at radius 2 is 1.82 bits per heavy atom. The molecule has 2 N–H and O–H groups in total. The number of nitrogens with one attached hydrogen (secondary N) is 2. The van der Waals surface area contributed by atoms with E-state index >= 15 is 0 Å². The van der Waals surface area contributed by atoms with Gasteiger partial charge < -0.3 is 28.7 Å². The normalized spacial score (nSPS) is 11.3. The molecule has 28 heavy (non-hydrogen) atoms. The van der Waals surface area contributed by atoms with E-state index in [9.17, 15) is 8.42 Å². The van der Waals surface area contributed by atoms with Crippen molar-refractivity contribution in [2.45, 2.75) is 6.54 Å². The van der Waals surface area contributed by atoms with Crippen LogP contribution in [0.2, 0.25) is 0 Å². The molecule has 0 aliphatic heterocycles. The summed E-state index contributed by atoms with van der Waals surface area (Å²) in [5, 5.41) is 3.11. The predicted octanol–water partition coefficient (Wildman–Crippen LogP) is 1.33. The first-order chi connectivity index (χ1) is 13.4. The molecule has 3 aromatic rings. The Hall–Kier alpha value is -3.28. The fourth-order valence-electron chi connectivity index (χ4n) is 2.60. The summed E-state index contributed by atoms with van der Waals surface area (Å²) in [4.78, 5) is 15.0. The summed E-state index contributed by atoms with van der Waals surface area (Å²) >= 11 is 0. The first-order valence-electron chi connectivity index (χ1n) is 7.98. The van der Waals surface area contributed by atoms with Crippen molar-refractivity contribution in [1.82, 2.24) is 19.9 Å². The molecule has 0 unspecified atom stereocenters. The summed E-state index contributed by atoms with van der Waals surface area (Å²) in [6, 6.07) is 3.23. The zero-order chi connectivity index (χ0) is 20.3. The van der Waals surface area contributed by atoms with E-state index in [0.717, 1.165) is 11.8 Å². The standard InChI is InChI=1S/C16H19N5O6S/c1-24-10-6-5-9(12(25-2)13(10)26-3)7-17-14-11-15(19-8-18-11)21-16(20-14)27-28(4,22)23/h5-6,8H,7H2,1-4H3,(H2,17,18,19,20,21). The van der Waals surface area contributed by atoms with Gasteiger partial charge in [-0.25, -0.2) is 4.98 Å². The number of aromatic nitrogens is 4. The van der Waals surface area contributed by atoms with Gasteiger partial charge in [0, 0.05) is 12.1 Å². The van der Waals surface area contributed by atoms with Crippen LogP contribution in [0.1, 0.15) is 5.56 Å². The average molecular weight is 409 g/mol. The van der Waals surface area contributed by atoms with Gasteiger partial charge in [-0.3, -0.25) is 0 Å². The summed E-state index contributed by atoms with van der Waals surface area (Å²) < 4.78 is 43.7. The number of fused-ring (bicyclic) bond motifs is 1. The van der Waals surface area contributed by atoms with Gasteiger partial charge >= 0.3 is 16.1 Å². The molecule has 2 aromatic heterocycles. The van der Waals surface area contributed by atoms with Gasteiger partial charge in [-0.2, -0.15) is 18.4 Å². The van der Waals surface area contributed by atoms with Crippen LogP contribution in [0, 0.1) is 0 Å². The van der Waals surface area contributed by atoms with Crippen molar-refractivity contribution >= 4 is 27.1 Å². The number of imidazole rings is 1. The maximum atomic E-state index is 11.4. The molecular weight excluding hydrogens is 390 g/mol. The second kappa shape index (κ2) is 7.76. The number of H-pyrrole nitrogens is 1. The molecule has 2 heterocycles. The molecule has 11 nitrogen and oxygen atoms in total. The molecular formula is C16H19N5O6S. The zero-order valence-corrected chi connectivity index (χ0v) is 16.5. The Morgan fingerprint density at radius 1 is 1.07 bits per heavy atom. The van der Waals surface area contributed by atoms with E-state index in [0.29, 0.717) is 28.6 Å². The molecule has 0 saturated carbocycles. The Kier molecular flexibility index (Phi) is 5.40. The third-order valence-electron chi connectivity index (χ3n) is 3.72. The second-order valence-corrected chi connectivity index (χ2v) is 7.17. The second-order valence-electron chi connectivity index (χ2n) is 5.59. The fourth-order valence-corrected chi connectivity index (χ4v) is 2.94. The molecule has 0 fully saturated rings. The van der Waals surface area contributed by atoms with E-state index in [1.54, 1.807) is 6.07 Å². The van der Waals surface area contributed by atoms with Crippen molar-refractivity contribution in [3.63, 3.8) is 0 Å². The van der Waals surface area contributed by atoms with E-state index in [1.165, 1.54) is 27.7 Å². The monoisotopic (exact) mass is 409 g/mol. The minimum Gasteiger partial charge on any atom is -0.493 e. The molecule has 3 rings (SSSR count). The van der Waals surface area contributed by atoms with Gasteiger partial charge in [0.1, 0.15) is 5.52 Å². The smallest absolute Gasteiger partial charge is 0.337 e. The Bertz CT molecular complexity index is 1100. The van der Waals surface area contributed by atoms with Crippen molar-refractivity contribution in [2.24, 2.45) is 0 Å². The van der Waals surface area contributed by atoms with Crippen molar-refractivity contribution in [3.8, 4) is 23.3 Å². The molecule has 0 spiro atoms. The van der Waals surface area contributed by atoms with E-state index in [1.807, 2.05) is 6.07 Å². The van der Waals surface area contributed by atoms with Crippen LogP contribution in [0.15, 0.2) is 18.5 Å². The van der Waals surface area contributed by atoms with Crippen molar-refractivity contribution < 1.29 is 26.8 Å². The van der Waals surface area contributed by atoms with Crippen molar-refractivity contribution in [2.75, 3.05) is 32.9 Å². The van der Waals surface area contributed by atoms with Crippen LogP contribution in [-0.2, 0) is 16.7 Å². The average Bonchev–Trinajstić information content (AvgIpc) is 3.12. The highest BCUT2D eigenvalue weighted by atomic mass is 32.2. The highest BCUT2D eigenvalue weighted by Gasteiger charge is 2.18. The van der Waals surface area contributed by atoms with E-state index in [2.05, 4.69) is 25.3 Å². The first kappa shape index (κ1) is 19.5. The Balaban J connectivity index is 1.95. The molecule has 1 aromatic carbocycles. The summed E-state index contributed by atoms with van der Waals surface area (Å²) in [5.74, 6) is 1.81. The minimum atomic E-state index is -3.78. The molecule has 0 amide bonds. The number of hydrogen-bond donors (Lipinski definition) is 2. The number of benzene rings is 1. The molecule has 12 heteroatoms. The maximum Gasteiger partial charge on any atom is 0.337 e. The van der Waals surface area contributed by atoms with Crippen LogP contribution < -0.4 is 23.7 Å². The SMILES string of the molecule is COc1ccc(CNc2nc(OS(C)(=O)=O)nc3nc[nH]c23)c(OC)c1OC. The molecule has 0 aliphatic carbocycles. The third-order valence-corrected chi connectivity index (χ3v) is 4.17. The van der Waals surface area contributed by atoms with Gasteiger partial charge in [0.15, 0.2) is 23.0 Å². The number of methoxy groups -OCH3 is 3. The summed E-state index contributed by atoms with van der Waals surface area (Å²) in [6.07, 6.45) is 2.33. The van der Waals surface area contributed by atoms with Crippen LogP contribution in [0.5, 0.6) is 23.3 Å². The van der Waals surface area contributed by atoms with Gasteiger partial charge in [0.2, 0.25) is 5.75 Å². The van der Waals surface area contributed by atoms with Gasteiger partial charge in [0.25, 0.3) is 0 Å². The van der Waals surface area contributed by atoms with Gasteiger partial charge in [-0.15, -0.1) is 0 Å². The summed E-state index contributed by atoms with van der Waals surface area (Å²) in [5.41, 5.74) is 1.52. The topological polar surface area (TPSA) is 138 Å². The number of rotatable bonds is 8. The summed E-state index contributed by atoms with van der Waals surface area (Å²) in [6.45, 7) is 0.285. The zero-order valence-electron chi connectivity index (χ0n) is 15.6. The van der Waals surface area contributed by atoms with Crippen LogP contribution in [0.25, 0.3) is 11.2 Å².